The zero-order valence-corrected chi connectivity index (χ0v) is 13.8. The maximum Gasteiger partial charge on any atom is 0.277 e. The molecular weight excluding hydrogens is 382 g/mol. The molecule has 124 valence electrons. The monoisotopic (exact) mass is 393 g/mol. The Labute approximate surface area is 145 Å². The lowest BCUT2D eigenvalue weighted by Gasteiger charge is -2.04. The number of hydrogen-bond acceptors (Lipinski definition) is 6. The van der Waals surface area contributed by atoms with Crippen LogP contribution in [0.1, 0.15) is 5.56 Å². The van der Waals surface area contributed by atoms with Gasteiger partial charge in [0.1, 0.15) is 11.5 Å². The van der Waals surface area contributed by atoms with Gasteiger partial charge in [-0.15, -0.1) is 0 Å². The van der Waals surface area contributed by atoms with Crippen molar-refractivity contribution in [3.8, 4) is 11.5 Å². The van der Waals surface area contributed by atoms with E-state index >= 15 is 0 Å². The average molecular weight is 394 g/mol. The number of carbonyl (C=O) groups is 1. The van der Waals surface area contributed by atoms with Gasteiger partial charge in [-0.3, -0.25) is 14.9 Å². The van der Waals surface area contributed by atoms with Crippen LogP contribution in [-0.4, -0.2) is 28.8 Å². The molecule has 0 fully saturated rings. The summed E-state index contributed by atoms with van der Waals surface area (Å²) in [6.45, 7) is -0.244. The van der Waals surface area contributed by atoms with Crippen molar-refractivity contribution in [2.45, 2.75) is 0 Å². The standard InChI is InChI=1S/C15H12BrN3O5/c16-13-7-11(19(22)23)6-10(15(13)21)8-17-18-14(20)9-24-12-4-2-1-3-5-12/h1-8,21H,9H2,(H,18,20)/b17-8-. The lowest BCUT2D eigenvalue weighted by molar-refractivity contribution is -0.385. The van der Waals surface area contributed by atoms with Crippen molar-refractivity contribution in [2.24, 2.45) is 5.10 Å². The molecule has 2 N–H and O–H groups in total. The Morgan fingerprint density at radius 1 is 1.38 bits per heavy atom. The van der Waals surface area contributed by atoms with Crippen molar-refractivity contribution >= 4 is 33.7 Å². The molecule has 0 spiro atoms. The fraction of sp³-hybridized carbons (Fsp3) is 0.0667. The molecule has 2 aromatic rings. The molecule has 2 aromatic carbocycles. The second-order valence-corrected chi connectivity index (χ2v) is 5.37. The molecule has 0 heterocycles. The Hall–Kier alpha value is -2.94. The van der Waals surface area contributed by atoms with Gasteiger partial charge in [0.05, 0.1) is 15.6 Å². The Morgan fingerprint density at radius 2 is 2.08 bits per heavy atom. The molecule has 0 aliphatic rings. The fourth-order valence-corrected chi connectivity index (χ4v) is 2.14. The highest BCUT2D eigenvalue weighted by Gasteiger charge is 2.13. The maximum absolute atomic E-state index is 11.6. The Balaban J connectivity index is 1.96. The zero-order chi connectivity index (χ0) is 17.5. The number of halogens is 1. The summed E-state index contributed by atoms with van der Waals surface area (Å²) in [6, 6.07) is 11.1. The quantitative estimate of drug-likeness (QED) is 0.444. The molecule has 0 saturated carbocycles. The molecule has 0 aliphatic heterocycles. The number of nitrogens with one attached hydrogen (secondary N) is 1. The number of carbonyl (C=O) groups excluding carboxylic acids is 1. The molecule has 0 aliphatic carbocycles. The predicted octanol–water partition coefficient (Wildman–Crippen LogP) is 2.59. The number of hydrogen-bond donors (Lipinski definition) is 2. The molecule has 2 rings (SSSR count). The van der Waals surface area contributed by atoms with Crippen LogP contribution in [0.2, 0.25) is 0 Å². The van der Waals surface area contributed by atoms with Gasteiger partial charge in [-0.2, -0.15) is 5.10 Å². The van der Waals surface area contributed by atoms with Gasteiger partial charge >= 0.3 is 0 Å². The van der Waals surface area contributed by atoms with E-state index in [0.29, 0.717) is 5.75 Å². The van der Waals surface area contributed by atoms with E-state index in [2.05, 4.69) is 26.5 Å². The van der Waals surface area contributed by atoms with Crippen LogP contribution in [0.3, 0.4) is 0 Å². The van der Waals surface area contributed by atoms with E-state index in [-0.39, 0.29) is 28.1 Å². The van der Waals surface area contributed by atoms with Gasteiger partial charge in [0, 0.05) is 17.7 Å². The van der Waals surface area contributed by atoms with Crippen LogP contribution in [0.4, 0.5) is 5.69 Å². The first kappa shape index (κ1) is 17.4. The van der Waals surface area contributed by atoms with E-state index in [1.165, 1.54) is 6.07 Å². The summed E-state index contributed by atoms with van der Waals surface area (Å²) in [5, 5.41) is 24.3. The predicted molar refractivity (Wildman–Crippen MR) is 90.1 cm³/mol. The van der Waals surface area contributed by atoms with Crippen molar-refractivity contribution in [3.05, 3.63) is 62.6 Å². The summed E-state index contributed by atoms with van der Waals surface area (Å²) < 4.78 is 5.38. The highest BCUT2D eigenvalue weighted by Crippen LogP contribution is 2.31. The van der Waals surface area contributed by atoms with Crippen LogP contribution in [0.25, 0.3) is 0 Å². The SMILES string of the molecule is O=C(COc1ccccc1)N/N=C\c1cc([N+](=O)[O-])cc(Br)c1O. The average Bonchev–Trinajstić information content (AvgIpc) is 2.57. The lowest BCUT2D eigenvalue weighted by atomic mass is 10.2. The van der Waals surface area contributed by atoms with Gasteiger partial charge in [-0.1, -0.05) is 18.2 Å². The third-order valence-electron chi connectivity index (χ3n) is 2.79. The van der Waals surface area contributed by atoms with Crippen LogP contribution < -0.4 is 10.2 Å². The van der Waals surface area contributed by atoms with Crippen LogP contribution in [0.5, 0.6) is 11.5 Å². The van der Waals surface area contributed by atoms with Crippen molar-refractivity contribution < 1.29 is 19.6 Å². The molecule has 9 heteroatoms. The van der Waals surface area contributed by atoms with E-state index in [1.807, 2.05) is 6.07 Å². The van der Waals surface area contributed by atoms with Crippen molar-refractivity contribution in [1.82, 2.24) is 5.43 Å². The van der Waals surface area contributed by atoms with Gasteiger partial charge in [0.2, 0.25) is 0 Å². The van der Waals surface area contributed by atoms with E-state index in [0.717, 1.165) is 12.3 Å². The van der Waals surface area contributed by atoms with E-state index in [1.54, 1.807) is 24.3 Å². The first-order chi connectivity index (χ1) is 11.5. The zero-order valence-electron chi connectivity index (χ0n) is 12.2. The number of nitrogens with zero attached hydrogens (tertiary/aromatic N) is 2. The molecule has 24 heavy (non-hydrogen) atoms. The van der Waals surface area contributed by atoms with Gasteiger partial charge in [-0.05, 0) is 28.1 Å². The Bertz CT molecular complexity index is 780. The minimum atomic E-state index is -0.603. The maximum atomic E-state index is 11.6. The third-order valence-corrected chi connectivity index (χ3v) is 3.40. The molecule has 8 nitrogen and oxygen atoms in total. The van der Waals surface area contributed by atoms with Crippen LogP contribution in [0.15, 0.2) is 52.0 Å². The molecule has 0 bridgehead atoms. The molecule has 0 atom stereocenters. The molecule has 1 amide bonds. The minimum Gasteiger partial charge on any atom is -0.506 e. The van der Waals surface area contributed by atoms with Crippen LogP contribution >= 0.6 is 15.9 Å². The second kappa shape index (κ2) is 8.06. The summed E-state index contributed by atoms with van der Waals surface area (Å²) in [6.07, 6.45) is 1.10. The number of non-ortho nitro benzene ring substituents is 1. The second-order valence-electron chi connectivity index (χ2n) is 4.52. The van der Waals surface area contributed by atoms with Crippen molar-refractivity contribution in [1.29, 1.82) is 0 Å². The van der Waals surface area contributed by atoms with Gasteiger partial charge in [0.15, 0.2) is 6.61 Å². The van der Waals surface area contributed by atoms with Crippen LogP contribution in [-0.2, 0) is 4.79 Å². The van der Waals surface area contributed by atoms with Crippen LogP contribution in [0, 0.1) is 10.1 Å². The number of nitro groups is 1. The molecule has 0 radical (unpaired) electrons. The molecule has 0 saturated heterocycles. The number of aromatic hydroxyl groups is 1. The number of rotatable bonds is 6. The summed E-state index contributed by atoms with van der Waals surface area (Å²) in [5.74, 6) is -0.199. The largest absolute Gasteiger partial charge is 0.506 e. The number of nitro benzene ring substituents is 1. The first-order valence-corrected chi connectivity index (χ1v) is 7.43. The minimum absolute atomic E-state index is 0.0837. The number of benzene rings is 2. The number of phenolic OH excluding ortho intramolecular Hbond substituents is 1. The van der Waals surface area contributed by atoms with E-state index in [4.69, 9.17) is 4.74 Å². The topological polar surface area (TPSA) is 114 Å². The number of para-hydroxylation sites is 1. The normalized spacial score (nSPS) is 10.5. The number of ether oxygens (including phenoxy) is 1. The number of amides is 1. The number of hydrazone groups is 1. The van der Waals surface area contributed by atoms with Crippen molar-refractivity contribution in [3.63, 3.8) is 0 Å². The third kappa shape index (κ3) is 4.78. The van der Waals surface area contributed by atoms with Gasteiger partial charge < -0.3 is 9.84 Å². The summed E-state index contributed by atoms with van der Waals surface area (Å²) >= 11 is 3.01. The summed E-state index contributed by atoms with van der Waals surface area (Å²) in [5.41, 5.74) is 2.07. The van der Waals surface area contributed by atoms with E-state index in [9.17, 15) is 20.0 Å². The first-order valence-electron chi connectivity index (χ1n) is 6.64. The van der Waals surface area contributed by atoms with Gasteiger partial charge in [0.25, 0.3) is 11.6 Å². The summed E-state index contributed by atoms with van der Waals surface area (Å²) in [7, 11) is 0. The fourth-order valence-electron chi connectivity index (χ4n) is 1.68. The highest BCUT2D eigenvalue weighted by atomic mass is 79.9. The number of phenols is 1. The van der Waals surface area contributed by atoms with E-state index < -0.39 is 10.8 Å². The smallest absolute Gasteiger partial charge is 0.277 e. The Morgan fingerprint density at radius 3 is 2.75 bits per heavy atom. The Kier molecular flexibility index (Phi) is 5.85. The van der Waals surface area contributed by atoms with Crippen molar-refractivity contribution in [2.75, 3.05) is 6.61 Å². The molecule has 0 aromatic heterocycles. The highest BCUT2D eigenvalue weighted by molar-refractivity contribution is 9.10. The molecular formula is C15H12BrN3O5. The van der Waals surface area contributed by atoms with Gasteiger partial charge in [-0.25, -0.2) is 5.43 Å². The summed E-state index contributed by atoms with van der Waals surface area (Å²) in [4.78, 5) is 21.8. The lowest BCUT2D eigenvalue weighted by Crippen LogP contribution is -2.24. The molecule has 0 unspecified atom stereocenters.